The van der Waals surface area contributed by atoms with E-state index in [9.17, 15) is 18.0 Å². The van der Waals surface area contributed by atoms with Gasteiger partial charge in [0.2, 0.25) is 21.8 Å². The van der Waals surface area contributed by atoms with Gasteiger partial charge in [0.1, 0.15) is 12.6 Å². The molecule has 7 nitrogen and oxygen atoms in total. The van der Waals surface area contributed by atoms with Crippen molar-refractivity contribution in [2.45, 2.75) is 70.5 Å². The van der Waals surface area contributed by atoms with E-state index in [0.717, 1.165) is 60.2 Å². The Balaban J connectivity index is 1.75. The maximum absolute atomic E-state index is 14.3. The normalized spacial score (nSPS) is 14.6. The van der Waals surface area contributed by atoms with Gasteiger partial charge in [-0.1, -0.05) is 97.9 Å². The lowest BCUT2D eigenvalue weighted by Gasteiger charge is -2.35. The molecule has 0 aromatic heterocycles. The van der Waals surface area contributed by atoms with E-state index in [2.05, 4.69) is 5.32 Å². The molecule has 1 aliphatic rings. The third kappa shape index (κ3) is 8.97. The molecule has 0 saturated heterocycles. The molecule has 1 N–H and O–H groups in total. The van der Waals surface area contributed by atoms with Gasteiger partial charge in [0, 0.05) is 34.6 Å². The average molecular weight is 645 g/mol. The van der Waals surface area contributed by atoms with Crippen LogP contribution in [0.5, 0.6) is 0 Å². The van der Waals surface area contributed by atoms with Gasteiger partial charge in [-0.15, -0.1) is 0 Å². The fourth-order valence-electron chi connectivity index (χ4n) is 5.46. The lowest BCUT2D eigenvalue weighted by atomic mass is 9.94. The number of carbonyl (C=O) groups excluding carboxylic acids is 2. The number of amides is 2. The summed E-state index contributed by atoms with van der Waals surface area (Å²) in [5.74, 6) is -0.828. The topological polar surface area (TPSA) is 86.8 Å². The summed E-state index contributed by atoms with van der Waals surface area (Å²) < 4.78 is 27.1. The number of hydrogen-bond donors (Lipinski definition) is 1. The van der Waals surface area contributed by atoms with Crippen LogP contribution in [0, 0.1) is 0 Å². The number of anilines is 1. The van der Waals surface area contributed by atoms with Gasteiger partial charge >= 0.3 is 0 Å². The molecule has 0 bridgehead atoms. The number of hydrogen-bond acceptors (Lipinski definition) is 4. The van der Waals surface area contributed by atoms with Gasteiger partial charge < -0.3 is 10.2 Å². The molecular formula is C33H39Cl2N3O4S. The van der Waals surface area contributed by atoms with Crippen molar-refractivity contribution in [2.24, 2.45) is 0 Å². The van der Waals surface area contributed by atoms with Crippen LogP contribution in [0.15, 0.2) is 72.8 Å². The number of nitrogens with one attached hydrogen (secondary N) is 1. The summed E-state index contributed by atoms with van der Waals surface area (Å²) in [4.78, 5) is 29.8. The van der Waals surface area contributed by atoms with Crippen LogP contribution < -0.4 is 9.62 Å². The Morgan fingerprint density at radius 1 is 0.884 bits per heavy atom. The highest BCUT2D eigenvalue weighted by molar-refractivity contribution is 7.92. The smallest absolute Gasteiger partial charge is 0.244 e. The van der Waals surface area contributed by atoms with E-state index in [0.29, 0.717) is 21.3 Å². The van der Waals surface area contributed by atoms with Crippen LogP contribution in [0.1, 0.15) is 55.7 Å². The van der Waals surface area contributed by atoms with Crippen molar-refractivity contribution in [1.29, 1.82) is 0 Å². The Hall–Kier alpha value is -3.07. The highest BCUT2D eigenvalue weighted by Crippen LogP contribution is 2.28. The molecule has 0 aliphatic heterocycles. The van der Waals surface area contributed by atoms with Crippen LogP contribution in [0.3, 0.4) is 0 Å². The summed E-state index contributed by atoms with van der Waals surface area (Å²) in [6, 6.07) is 20.7. The SMILES string of the molecule is CCc1ccc(N(CC(=O)N(Cc2c(Cl)cccc2Cl)[C@H](Cc2ccccc2)C(=O)NC2CCCCC2)S(C)(=O)=O)cc1. The average Bonchev–Trinajstić information content (AvgIpc) is 2.99. The minimum absolute atomic E-state index is 0.0185. The van der Waals surface area contributed by atoms with Crippen molar-refractivity contribution in [2.75, 3.05) is 17.1 Å². The van der Waals surface area contributed by atoms with Crippen molar-refractivity contribution in [3.05, 3.63) is 99.5 Å². The number of sulfonamides is 1. The first-order valence-corrected chi connectivity index (χ1v) is 17.3. The van der Waals surface area contributed by atoms with Crippen LogP contribution in [0.25, 0.3) is 0 Å². The molecule has 43 heavy (non-hydrogen) atoms. The van der Waals surface area contributed by atoms with Gasteiger partial charge in [0.25, 0.3) is 0 Å². The Labute approximate surface area is 265 Å². The van der Waals surface area contributed by atoms with Crippen LogP contribution >= 0.6 is 23.2 Å². The van der Waals surface area contributed by atoms with E-state index < -0.39 is 28.5 Å². The Morgan fingerprint density at radius 2 is 1.51 bits per heavy atom. The molecule has 10 heteroatoms. The lowest BCUT2D eigenvalue weighted by Crippen LogP contribution is -2.55. The van der Waals surface area contributed by atoms with E-state index in [1.807, 2.05) is 49.4 Å². The lowest BCUT2D eigenvalue weighted by molar-refractivity contribution is -0.140. The van der Waals surface area contributed by atoms with E-state index in [1.165, 1.54) is 4.90 Å². The molecule has 2 amide bonds. The monoisotopic (exact) mass is 643 g/mol. The van der Waals surface area contributed by atoms with Crippen molar-refractivity contribution in [3.63, 3.8) is 0 Å². The van der Waals surface area contributed by atoms with Gasteiger partial charge in [0.15, 0.2) is 0 Å². The molecule has 1 atom stereocenters. The molecule has 1 aliphatic carbocycles. The number of carbonyl (C=O) groups is 2. The number of benzene rings is 3. The van der Waals surface area contributed by atoms with Gasteiger partial charge in [-0.25, -0.2) is 8.42 Å². The quantitative estimate of drug-likeness (QED) is 0.247. The van der Waals surface area contributed by atoms with Crippen LogP contribution in [-0.2, 0) is 39.0 Å². The zero-order valence-electron chi connectivity index (χ0n) is 24.6. The fourth-order valence-corrected chi connectivity index (χ4v) is 6.83. The predicted octanol–water partition coefficient (Wildman–Crippen LogP) is 6.41. The molecule has 3 aromatic carbocycles. The van der Waals surface area contributed by atoms with E-state index in [1.54, 1.807) is 30.3 Å². The molecule has 1 fully saturated rings. The zero-order valence-corrected chi connectivity index (χ0v) is 27.0. The third-order valence-electron chi connectivity index (χ3n) is 7.92. The minimum Gasteiger partial charge on any atom is -0.352 e. The van der Waals surface area contributed by atoms with Gasteiger partial charge in [-0.05, 0) is 54.7 Å². The minimum atomic E-state index is -3.85. The van der Waals surface area contributed by atoms with Crippen molar-refractivity contribution in [1.82, 2.24) is 10.2 Å². The Bertz CT molecular complexity index is 1470. The second-order valence-corrected chi connectivity index (χ2v) is 13.8. The van der Waals surface area contributed by atoms with Crippen molar-refractivity contribution < 1.29 is 18.0 Å². The molecular weight excluding hydrogens is 605 g/mol. The molecule has 1 saturated carbocycles. The standard InChI is InChI=1S/C33H39Cl2N3O4S/c1-3-24-17-19-27(20-18-24)38(43(2,41)42)23-32(39)37(22-28-29(34)15-10-16-30(28)35)31(21-25-11-6-4-7-12-25)33(40)36-26-13-8-5-9-14-26/h4,6-7,10-12,15-20,26,31H,3,5,8-9,13-14,21-23H2,1-2H3,(H,36,40)/t31-/m1/s1. The Kier molecular flexibility index (Phi) is 11.5. The molecule has 0 heterocycles. The highest BCUT2D eigenvalue weighted by atomic mass is 35.5. The largest absolute Gasteiger partial charge is 0.352 e. The first-order chi connectivity index (χ1) is 20.6. The van der Waals surface area contributed by atoms with Gasteiger partial charge in [-0.2, -0.15) is 0 Å². The summed E-state index contributed by atoms with van der Waals surface area (Å²) in [7, 11) is -3.85. The van der Waals surface area contributed by atoms with E-state index in [4.69, 9.17) is 23.2 Å². The molecule has 0 spiro atoms. The van der Waals surface area contributed by atoms with Crippen molar-refractivity contribution in [3.8, 4) is 0 Å². The molecule has 0 unspecified atom stereocenters. The zero-order chi connectivity index (χ0) is 31.0. The predicted molar refractivity (Wildman–Crippen MR) is 174 cm³/mol. The molecule has 4 rings (SSSR count). The Morgan fingerprint density at radius 3 is 2.09 bits per heavy atom. The first-order valence-electron chi connectivity index (χ1n) is 14.7. The van der Waals surface area contributed by atoms with Crippen LogP contribution in [0.4, 0.5) is 5.69 Å². The second-order valence-electron chi connectivity index (χ2n) is 11.1. The number of aryl methyl sites for hydroxylation is 1. The van der Waals surface area contributed by atoms with Crippen LogP contribution in [-0.4, -0.2) is 50.0 Å². The van der Waals surface area contributed by atoms with E-state index >= 15 is 0 Å². The maximum Gasteiger partial charge on any atom is 0.244 e. The molecule has 0 radical (unpaired) electrons. The second kappa shape index (κ2) is 15.1. The number of rotatable bonds is 12. The summed E-state index contributed by atoms with van der Waals surface area (Å²) >= 11 is 13.1. The molecule has 230 valence electrons. The first kappa shape index (κ1) is 32.8. The summed E-state index contributed by atoms with van der Waals surface area (Å²) in [6.45, 7) is 1.45. The maximum atomic E-state index is 14.3. The van der Waals surface area contributed by atoms with Crippen molar-refractivity contribution >= 4 is 50.7 Å². The van der Waals surface area contributed by atoms with Crippen LogP contribution in [0.2, 0.25) is 10.0 Å². The number of halogens is 2. The highest BCUT2D eigenvalue weighted by Gasteiger charge is 2.34. The summed E-state index contributed by atoms with van der Waals surface area (Å²) in [5.41, 5.74) is 2.77. The van der Waals surface area contributed by atoms with Gasteiger partial charge in [-0.3, -0.25) is 13.9 Å². The van der Waals surface area contributed by atoms with E-state index in [-0.39, 0.29) is 24.9 Å². The third-order valence-corrected chi connectivity index (χ3v) is 9.77. The van der Waals surface area contributed by atoms with Gasteiger partial charge in [0.05, 0.1) is 11.9 Å². The summed E-state index contributed by atoms with van der Waals surface area (Å²) in [5, 5.41) is 3.89. The number of nitrogens with zero attached hydrogens (tertiary/aromatic N) is 2. The fraction of sp³-hybridized carbons (Fsp3) is 0.394. The summed E-state index contributed by atoms with van der Waals surface area (Å²) in [6.07, 6.45) is 7.06. The molecule has 3 aromatic rings.